The van der Waals surface area contributed by atoms with Crippen LogP contribution in [0.25, 0.3) is 11.0 Å². The molecule has 2 heterocycles. The second-order valence-electron chi connectivity index (χ2n) is 5.96. The summed E-state index contributed by atoms with van der Waals surface area (Å²) in [4.78, 5) is 16.8. The topological polar surface area (TPSA) is 81.1 Å². The molecule has 0 radical (unpaired) electrons. The fourth-order valence-electron chi connectivity index (χ4n) is 2.70. The van der Waals surface area contributed by atoms with Crippen molar-refractivity contribution in [2.75, 3.05) is 11.5 Å². The van der Waals surface area contributed by atoms with Crippen molar-refractivity contribution < 1.29 is 13.2 Å². The fraction of sp³-hybridized carbons (Fsp3) is 0.467. The molecule has 0 spiro atoms. The molecule has 2 aromatic rings. The van der Waals surface area contributed by atoms with Gasteiger partial charge in [-0.25, -0.2) is 13.4 Å². The van der Waals surface area contributed by atoms with Crippen molar-refractivity contribution >= 4 is 50.1 Å². The number of imidazole rings is 1. The van der Waals surface area contributed by atoms with Gasteiger partial charge in [-0.1, -0.05) is 23.4 Å². The molecule has 0 bridgehead atoms. The van der Waals surface area contributed by atoms with E-state index in [1.165, 1.54) is 11.8 Å². The van der Waals surface area contributed by atoms with Crippen LogP contribution < -0.4 is 5.32 Å². The van der Waals surface area contributed by atoms with Crippen molar-refractivity contribution in [1.29, 1.82) is 0 Å². The molecule has 1 saturated heterocycles. The second-order valence-corrected chi connectivity index (χ2v) is 9.93. The number of carbonyl (C=O) groups excluding carboxylic acids is 1. The normalized spacial score (nSPS) is 21.0. The van der Waals surface area contributed by atoms with E-state index in [2.05, 4.69) is 10.3 Å². The number of aromatic nitrogens is 2. The van der Waals surface area contributed by atoms with Crippen molar-refractivity contribution in [3.63, 3.8) is 0 Å². The highest BCUT2D eigenvalue weighted by atomic mass is 35.5. The maximum Gasteiger partial charge on any atom is 0.233 e. The highest BCUT2D eigenvalue weighted by molar-refractivity contribution is 8.00. The third kappa shape index (κ3) is 3.70. The third-order valence-corrected chi connectivity index (χ3v) is 7.18. The molecule has 2 atom stereocenters. The molecule has 24 heavy (non-hydrogen) atoms. The van der Waals surface area contributed by atoms with E-state index < -0.39 is 9.84 Å². The van der Waals surface area contributed by atoms with Gasteiger partial charge in [-0.05, 0) is 31.5 Å². The minimum Gasteiger partial charge on any atom is -0.351 e. The Morgan fingerprint density at radius 2 is 2.25 bits per heavy atom. The maximum atomic E-state index is 12.3. The number of fused-ring (bicyclic) bond motifs is 1. The number of hydrogen-bond acceptors (Lipinski definition) is 5. The number of thioether (sulfide) groups is 1. The summed E-state index contributed by atoms with van der Waals surface area (Å²) in [5.74, 6) is -0.00138. The first kappa shape index (κ1) is 17.6. The lowest BCUT2D eigenvalue weighted by atomic mass is 10.2. The number of benzene rings is 1. The lowest BCUT2D eigenvalue weighted by molar-refractivity contribution is -0.120. The van der Waals surface area contributed by atoms with Crippen LogP contribution in [0.1, 0.15) is 13.3 Å². The van der Waals surface area contributed by atoms with E-state index in [0.717, 1.165) is 11.0 Å². The number of aryl methyl sites for hydroxylation is 1. The van der Waals surface area contributed by atoms with Crippen LogP contribution in [0, 0.1) is 0 Å². The quantitative estimate of drug-likeness (QED) is 0.811. The predicted octanol–water partition coefficient (Wildman–Crippen LogP) is 2.01. The predicted molar refractivity (Wildman–Crippen MR) is 96.2 cm³/mol. The maximum absolute atomic E-state index is 12.3. The first-order chi connectivity index (χ1) is 11.2. The lowest BCUT2D eigenvalue weighted by Gasteiger charge is -2.15. The molecule has 0 unspecified atom stereocenters. The third-order valence-electron chi connectivity index (χ3n) is 4.03. The van der Waals surface area contributed by atoms with Gasteiger partial charge >= 0.3 is 0 Å². The molecule has 1 aromatic carbocycles. The summed E-state index contributed by atoms with van der Waals surface area (Å²) in [6, 6.07) is 5.19. The molecule has 1 aliphatic rings. The van der Waals surface area contributed by atoms with E-state index in [9.17, 15) is 13.2 Å². The summed E-state index contributed by atoms with van der Waals surface area (Å²) in [6.07, 6.45) is 0.482. The molecule has 1 amide bonds. The van der Waals surface area contributed by atoms with Gasteiger partial charge < -0.3 is 9.88 Å². The highest BCUT2D eigenvalue weighted by Gasteiger charge is 2.30. The Morgan fingerprint density at radius 3 is 2.92 bits per heavy atom. The first-order valence-corrected chi connectivity index (χ1v) is 10.6. The van der Waals surface area contributed by atoms with E-state index in [0.29, 0.717) is 16.6 Å². The van der Waals surface area contributed by atoms with E-state index in [-0.39, 0.29) is 28.7 Å². The van der Waals surface area contributed by atoms with Crippen molar-refractivity contribution in [2.24, 2.45) is 7.05 Å². The number of carbonyl (C=O) groups is 1. The number of hydrogen-bond donors (Lipinski definition) is 1. The Kier molecular flexibility index (Phi) is 4.81. The van der Waals surface area contributed by atoms with Gasteiger partial charge in [0, 0.05) is 18.1 Å². The smallest absolute Gasteiger partial charge is 0.233 e. The largest absolute Gasteiger partial charge is 0.351 e. The van der Waals surface area contributed by atoms with Gasteiger partial charge in [0.05, 0.1) is 27.8 Å². The van der Waals surface area contributed by atoms with Crippen molar-refractivity contribution in [1.82, 2.24) is 14.9 Å². The summed E-state index contributed by atoms with van der Waals surface area (Å²) in [7, 11) is -1.12. The van der Waals surface area contributed by atoms with Crippen molar-refractivity contribution in [3.8, 4) is 0 Å². The zero-order valence-corrected chi connectivity index (χ0v) is 15.7. The molecule has 1 N–H and O–H groups in total. The Labute approximate surface area is 149 Å². The van der Waals surface area contributed by atoms with Gasteiger partial charge in [-0.3, -0.25) is 4.79 Å². The molecular weight excluding hydrogens is 370 g/mol. The first-order valence-electron chi connectivity index (χ1n) is 7.54. The molecule has 1 aliphatic heterocycles. The number of rotatable bonds is 4. The van der Waals surface area contributed by atoms with E-state index >= 15 is 0 Å². The summed E-state index contributed by atoms with van der Waals surface area (Å²) in [5, 5.41) is 3.78. The molecule has 0 aliphatic carbocycles. The van der Waals surface area contributed by atoms with Crippen LogP contribution >= 0.6 is 23.4 Å². The van der Waals surface area contributed by atoms with Crippen LogP contribution in [0.5, 0.6) is 0 Å². The fourth-order valence-corrected chi connectivity index (χ4v) is 5.43. The summed E-state index contributed by atoms with van der Waals surface area (Å²) in [5.41, 5.74) is 1.72. The highest BCUT2D eigenvalue weighted by Crippen LogP contribution is 2.28. The number of halogens is 1. The summed E-state index contributed by atoms with van der Waals surface area (Å²) in [6.45, 7) is 1.79. The Bertz CT molecular complexity index is 895. The average molecular weight is 388 g/mol. The Hall–Kier alpha value is -1.25. The Morgan fingerprint density at radius 1 is 1.50 bits per heavy atom. The van der Waals surface area contributed by atoms with E-state index in [4.69, 9.17) is 11.6 Å². The molecule has 3 rings (SSSR count). The molecule has 1 aromatic heterocycles. The van der Waals surface area contributed by atoms with Gasteiger partial charge in [-0.15, -0.1) is 0 Å². The molecule has 130 valence electrons. The minimum absolute atomic E-state index is 0.0287. The Balaban J connectivity index is 1.69. The van der Waals surface area contributed by atoms with Gasteiger partial charge in [0.1, 0.15) is 0 Å². The van der Waals surface area contributed by atoms with Crippen molar-refractivity contribution in [3.05, 3.63) is 23.2 Å². The molecule has 0 saturated carbocycles. The SMILES string of the molecule is C[C@@H](Sc1nc2cc(Cl)ccc2n1C)C(=O)N[C@H]1CCS(=O)(=O)C1. The van der Waals surface area contributed by atoms with E-state index in [1.807, 2.05) is 17.7 Å². The zero-order valence-electron chi connectivity index (χ0n) is 13.3. The number of nitrogens with zero attached hydrogens (tertiary/aromatic N) is 2. The van der Waals surface area contributed by atoms with Crippen LogP contribution in [-0.4, -0.2) is 46.7 Å². The standard InChI is InChI=1S/C15H18ClN3O3S2/c1-9(14(20)17-11-5-6-24(21,22)8-11)23-15-18-12-7-10(16)3-4-13(12)19(15)2/h3-4,7,9,11H,5-6,8H2,1-2H3,(H,17,20)/t9-,11+/m1/s1. The molecule has 9 heteroatoms. The monoisotopic (exact) mass is 387 g/mol. The average Bonchev–Trinajstić information content (AvgIpc) is 2.99. The van der Waals surface area contributed by atoms with Gasteiger partial charge in [-0.2, -0.15) is 0 Å². The van der Waals surface area contributed by atoms with Gasteiger partial charge in [0.15, 0.2) is 15.0 Å². The van der Waals surface area contributed by atoms with Gasteiger partial charge in [0.25, 0.3) is 0 Å². The van der Waals surface area contributed by atoms with Crippen LogP contribution in [0.4, 0.5) is 0 Å². The molecular formula is C15H18ClN3O3S2. The van der Waals surface area contributed by atoms with Crippen LogP contribution in [0.3, 0.4) is 0 Å². The molecule has 6 nitrogen and oxygen atoms in total. The van der Waals surface area contributed by atoms with Crippen LogP contribution in [0.15, 0.2) is 23.4 Å². The van der Waals surface area contributed by atoms with Crippen LogP contribution in [-0.2, 0) is 21.7 Å². The lowest BCUT2D eigenvalue weighted by Crippen LogP contribution is -2.40. The second kappa shape index (κ2) is 6.57. The number of sulfone groups is 1. The number of nitrogens with one attached hydrogen (secondary N) is 1. The summed E-state index contributed by atoms with van der Waals surface area (Å²) < 4.78 is 24.9. The van der Waals surface area contributed by atoms with E-state index in [1.54, 1.807) is 19.1 Å². The van der Waals surface area contributed by atoms with Crippen LogP contribution in [0.2, 0.25) is 5.02 Å². The zero-order chi connectivity index (χ0) is 17.5. The summed E-state index contributed by atoms with van der Waals surface area (Å²) >= 11 is 7.33. The van der Waals surface area contributed by atoms with Gasteiger partial charge in [0.2, 0.25) is 5.91 Å². The molecule has 1 fully saturated rings. The number of amides is 1. The van der Waals surface area contributed by atoms with Crippen molar-refractivity contribution in [2.45, 2.75) is 29.8 Å². The minimum atomic E-state index is -3.00.